The lowest BCUT2D eigenvalue weighted by Gasteiger charge is -2.30. The molecule has 1 aliphatic rings. The van der Waals surface area contributed by atoms with Crippen LogP contribution in [0, 0.1) is 0 Å². The van der Waals surface area contributed by atoms with E-state index in [2.05, 4.69) is 12.1 Å². The van der Waals surface area contributed by atoms with Crippen LogP contribution in [0.25, 0.3) is 10.9 Å². The van der Waals surface area contributed by atoms with Crippen LogP contribution in [0.3, 0.4) is 0 Å². The quantitative estimate of drug-likeness (QED) is 0.305. The van der Waals surface area contributed by atoms with Crippen LogP contribution in [-0.4, -0.2) is 32.2 Å². The van der Waals surface area contributed by atoms with Gasteiger partial charge in [-0.15, -0.1) is 0 Å². The van der Waals surface area contributed by atoms with Crippen LogP contribution in [0.1, 0.15) is 23.8 Å². The maximum Gasteiger partial charge on any atom is 0.262 e. The van der Waals surface area contributed by atoms with Gasteiger partial charge in [0.05, 0.1) is 29.0 Å². The molecule has 33 heavy (non-hydrogen) atoms. The second-order valence-corrected chi connectivity index (χ2v) is 9.81. The third-order valence-corrected chi connectivity index (χ3v) is 7.16. The van der Waals surface area contributed by atoms with Gasteiger partial charge in [-0.05, 0) is 54.8 Å². The van der Waals surface area contributed by atoms with E-state index in [1.807, 2.05) is 30.0 Å². The zero-order valence-electron chi connectivity index (χ0n) is 18.0. The maximum atomic E-state index is 13.3. The van der Waals surface area contributed by atoms with Gasteiger partial charge in [-0.25, -0.2) is 4.98 Å². The number of benzene rings is 2. The van der Waals surface area contributed by atoms with Gasteiger partial charge in [-0.2, -0.15) is 0 Å². The van der Waals surface area contributed by atoms with E-state index in [1.165, 1.54) is 22.9 Å². The number of carbonyl (C=O) groups is 1. The number of carbonyl (C=O) groups excluding carboxylic acids is 1. The molecule has 6 nitrogen and oxygen atoms in total. The minimum absolute atomic E-state index is 0.0273. The van der Waals surface area contributed by atoms with Crippen LogP contribution >= 0.6 is 23.4 Å². The Morgan fingerprint density at radius 3 is 2.79 bits per heavy atom. The summed E-state index contributed by atoms with van der Waals surface area (Å²) < 4.78 is 7.03. The highest BCUT2D eigenvalue weighted by Crippen LogP contribution is 2.27. The molecule has 1 atom stereocenters. The Kier molecular flexibility index (Phi) is 6.00. The molecular formula is C25H22ClN3O3S. The van der Waals surface area contributed by atoms with Gasteiger partial charge in [-0.1, -0.05) is 47.6 Å². The smallest absolute Gasteiger partial charge is 0.262 e. The van der Waals surface area contributed by atoms with Crippen molar-refractivity contribution in [3.63, 3.8) is 0 Å². The first-order chi connectivity index (χ1) is 16.0. The zero-order valence-corrected chi connectivity index (χ0v) is 19.6. The number of thioether (sulfide) groups is 1. The van der Waals surface area contributed by atoms with E-state index >= 15 is 0 Å². The molecule has 0 unspecified atom stereocenters. The molecule has 1 amide bonds. The molecule has 8 heteroatoms. The Bertz CT molecular complexity index is 1380. The standard InChI is InChI=1S/C25H22ClN3O3S/c1-16(23(30)28-11-10-17-5-2-3-6-18(17)14-28)33-25-27-22-13-19(26)8-9-21(22)24(31)29(25)15-20-7-4-12-32-20/h2-9,12-13,16H,10-11,14-15H2,1H3/t16-/m1/s1. The van der Waals surface area contributed by atoms with E-state index < -0.39 is 5.25 Å². The molecule has 0 radical (unpaired) electrons. The number of fused-ring (bicyclic) bond motifs is 2. The summed E-state index contributed by atoms with van der Waals surface area (Å²) in [7, 11) is 0. The number of furan rings is 1. The lowest BCUT2D eigenvalue weighted by Crippen LogP contribution is -2.40. The molecule has 0 N–H and O–H groups in total. The van der Waals surface area contributed by atoms with Crippen LogP contribution in [-0.2, 0) is 24.3 Å². The van der Waals surface area contributed by atoms with Crippen molar-refractivity contribution in [1.82, 2.24) is 14.5 Å². The summed E-state index contributed by atoms with van der Waals surface area (Å²) in [6, 6.07) is 16.8. The molecule has 168 valence electrons. The molecule has 0 aliphatic carbocycles. The molecule has 0 saturated heterocycles. The summed E-state index contributed by atoms with van der Waals surface area (Å²) in [5, 5.41) is 1.03. The number of nitrogens with zero attached hydrogens (tertiary/aromatic N) is 3. The first-order valence-corrected chi connectivity index (χ1v) is 12.0. The monoisotopic (exact) mass is 479 g/mol. The molecule has 0 spiro atoms. The minimum Gasteiger partial charge on any atom is -0.467 e. The Hall–Kier alpha value is -3.03. The van der Waals surface area contributed by atoms with Crippen molar-refractivity contribution in [2.24, 2.45) is 0 Å². The van der Waals surface area contributed by atoms with E-state index in [1.54, 1.807) is 35.1 Å². The van der Waals surface area contributed by atoms with Crippen LogP contribution in [0.5, 0.6) is 0 Å². The largest absolute Gasteiger partial charge is 0.467 e. The summed E-state index contributed by atoms with van der Waals surface area (Å²) in [6.07, 6.45) is 2.41. The molecular weight excluding hydrogens is 458 g/mol. The average molecular weight is 480 g/mol. The minimum atomic E-state index is -0.415. The summed E-state index contributed by atoms with van der Waals surface area (Å²) in [5.74, 6) is 0.667. The maximum absolute atomic E-state index is 13.3. The van der Waals surface area contributed by atoms with E-state index in [9.17, 15) is 9.59 Å². The lowest BCUT2D eigenvalue weighted by molar-refractivity contribution is -0.131. The van der Waals surface area contributed by atoms with Gasteiger partial charge in [0.25, 0.3) is 5.56 Å². The molecule has 1 aliphatic heterocycles. The van der Waals surface area contributed by atoms with Crippen molar-refractivity contribution >= 4 is 40.2 Å². The second kappa shape index (κ2) is 9.08. The predicted octanol–water partition coefficient (Wildman–Crippen LogP) is 4.76. The van der Waals surface area contributed by atoms with Crippen LogP contribution in [0.4, 0.5) is 0 Å². The van der Waals surface area contributed by atoms with Crippen molar-refractivity contribution < 1.29 is 9.21 Å². The molecule has 5 rings (SSSR count). The summed E-state index contributed by atoms with van der Waals surface area (Å²) >= 11 is 7.43. The first kappa shape index (κ1) is 21.8. The summed E-state index contributed by atoms with van der Waals surface area (Å²) in [6.45, 7) is 3.37. The first-order valence-electron chi connectivity index (χ1n) is 10.7. The number of amides is 1. The third-order valence-electron chi connectivity index (χ3n) is 5.85. The van der Waals surface area contributed by atoms with Crippen molar-refractivity contribution in [3.8, 4) is 0 Å². The summed E-state index contributed by atoms with van der Waals surface area (Å²) in [4.78, 5) is 33.2. The number of aromatic nitrogens is 2. The van der Waals surface area contributed by atoms with Gasteiger partial charge >= 0.3 is 0 Å². The topological polar surface area (TPSA) is 68.3 Å². The molecule has 2 aromatic carbocycles. The fourth-order valence-electron chi connectivity index (χ4n) is 4.11. The average Bonchev–Trinajstić information content (AvgIpc) is 3.34. The highest BCUT2D eigenvalue weighted by molar-refractivity contribution is 8.00. The van der Waals surface area contributed by atoms with Crippen molar-refractivity contribution in [2.75, 3.05) is 6.54 Å². The molecule has 0 fully saturated rings. The van der Waals surface area contributed by atoms with Crippen molar-refractivity contribution in [2.45, 2.75) is 36.8 Å². The Morgan fingerprint density at radius 2 is 2.00 bits per heavy atom. The lowest BCUT2D eigenvalue weighted by atomic mass is 10.00. The number of halogens is 1. The molecule has 4 aromatic rings. The Labute approximate surface area is 200 Å². The van der Waals surface area contributed by atoms with Crippen LogP contribution in [0.2, 0.25) is 5.02 Å². The molecule has 0 saturated carbocycles. The van der Waals surface area contributed by atoms with E-state index in [4.69, 9.17) is 21.0 Å². The summed E-state index contributed by atoms with van der Waals surface area (Å²) in [5.41, 5.74) is 2.80. The van der Waals surface area contributed by atoms with Gasteiger partial charge < -0.3 is 9.32 Å². The SMILES string of the molecule is C[C@@H](Sc1nc2cc(Cl)ccc2c(=O)n1Cc1ccco1)C(=O)N1CCc2ccccc2C1. The van der Waals surface area contributed by atoms with Crippen LogP contribution < -0.4 is 5.56 Å². The Balaban J connectivity index is 1.45. The van der Waals surface area contributed by atoms with Crippen molar-refractivity contribution in [1.29, 1.82) is 0 Å². The highest BCUT2D eigenvalue weighted by atomic mass is 35.5. The second-order valence-electron chi connectivity index (χ2n) is 8.07. The number of rotatable bonds is 5. The molecule has 2 aromatic heterocycles. The third kappa shape index (κ3) is 4.43. The van der Waals surface area contributed by atoms with E-state index in [0.29, 0.717) is 39.9 Å². The van der Waals surface area contributed by atoms with Gasteiger partial charge in [0.1, 0.15) is 5.76 Å². The van der Waals surface area contributed by atoms with Gasteiger partial charge in [-0.3, -0.25) is 14.2 Å². The fraction of sp³-hybridized carbons (Fsp3) is 0.240. The number of hydrogen-bond acceptors (Lipinski definition) is 5. The van der Waals surface area contributed by atoms with Gasteiger partial charge in [0.15, 0.2) is 5.16 Å². The van der Waals surface area contributed by atoms with Gasteiger partial charge in [0.2, 0.25) is 5.91 Å². The van der Waals surface area contributed by atoms with E-state index in [-0.39, 0.29) is 18.0 Å². The van der Waals surface area contributed by atoms with Gasteiger partial charge in [0, 0.05) is 18.1 Å². The van der Waals surface area contributed by atoms with E-state index in [0.717, 1.165) is 6.42 Å². The zero-order chi connectivity index (χ0) is 22.9. The fourth-order valence-corrected chi connectivity index (χ4v) is 5.27. The normalized spacial score (nSPS) is 14.3. The number of hydrogen-bond donors (Lipinski definition) is 0. The highest BCUT2D eigenvalue weighted by Gasteiger charge is 2.27. The molecule has 3 heterocycles. The van der Waals surface area contributed by atoms with Crippen LogP contribution in [0.15, 0.2) is 75.2 Å². The molecule has 0 bridgehead atoms. The predicted molar refractivity (Wildman–Crippen MR) is 130 cm³/mol. The Morgan fingerprint density at radius 1 is 1.18 bits per heavy atom. The van der Waals surface area contributed by atoms with Crippen molar-refractivity contribution in [3.05, 3.63) is 93.1 Å².